The number of benzene rings is 1. The van der Waals surface area contributed by atoms with Crippen molar-refractivity contribution in [2.75, 3.05) is 7.11 Å². The van der Waals surface area contributed by atoms with Crippen molar-refractivity contribution >= 4 is 21.6 Å². The molecule has 13 heavy (non-hydrogen) atoms. The van der Waals surface area contributed by atoms with E-state index in [-0.39, 0.29) is 5.82 Å². The molecular weight excluding hydrogens is 237 g/mol. The first-order chi connectivity index (χ1) is 6.15. The van der Waals surface area contributed by atoms with E-state index in [0.29, 0.717) is 15.7 Å². The maximum atomic E-state index is 13.3. The summed E-state index contributed by atoms with van der Waals surface area (Å²) < 4.78 is 14.0. The molecule has 0 atom stereocenters. The van der Waals surface area contributed by atoms with Crippen molar-refractivity contribution in [3.05, 3.63) is 34.1 Å². The van der Waals surface area contributed by atoms with Crippen molar-refractivity contribution in [1.29, 1.82) is 0 Å². The molecule has 0 radical (unpaired) electrons. The highest BCUT2D eigenvalue weighted by molar-refractivity contribution is 9.10. The van der Waals surface area contributed by atoms with E-state index in [1.807, 2.05) is 0 Å². The number of nitrogens with zero attached hydrogens (tertiary/aromatic N) is 1. The van der Waals surface area contributed by atoms with Crippen LogP contribution in [-0.4, -0.2) is 12.8 Å². The third-order valence-electron chi connectivity index (χ3n) is 1.55. The summed E-state index contributed by atoms with van der Waals surface area (Å²) in [6.45, 7) is 1.69. The fourth-order valence-corrected chi connectivity index (χ4v) is 1.30. The third-order valence-corrected chi connectivity index (χ3v) is 2.04. The van der Waals surface area contributed by atoms with Crippen LogP contribution in [-0.2, 0) is 4.84 Å². The summed E-state index contributed by atoms with van der Waals surface area (Å²) in [6, 6.07) is 4.80. The normalized spacial score (nSPS) is 11.5. The van der Waals surface area contributed by atoms with E-state index in [9.17, 15) is 4.39 Å². The molecule has 1 aromatic carbocycles. The topological polar surface area (TPSA) is 21.6 Å². The molecule has 0 fully saturated rings. The Bertz CT molecular complexity index is 338. The predicted molar refractivity (Wildman–Crippen MR) is 53.3 cm³/mol. The SMILES string of the molecule is CO/N=C(\C)c1ccc(Br)cc1F. The van der Waals surface area contributed by atoms with Gasteiger partial charge in [-0.25, -0.2) is 4.39 Å². The van der Waals surface area contributed by atoms with Crippen LogP contribution in [0, 0.1) is 5.82 Å². The smallest absolute Gasteiger partial charge is 0.133 e. The van der Waals surface area contributed by atoms with Gasteiger partial charge in [-0.05, 0) is 25.1 Å². The molecule has 0 heterocycles. The van der Waals surface area contributed by atoms with Gasteiger partial charge in [0.15, 0.2) is 0 Å². The first-order valence-electron chi connectivity index (χ1n) is 3.68. The van der Waals surface area contributed by atoms with Gasteiger partial charge in [-0.2, -0.15) is 0 Å². The lowest BCUT2D eigenvalue weighted by molar-refractivity contribution is 0.213. The maximum absolute atomic E-state index is 13.3. The summed E-state index contributed by atoms with van der Waals surface area (Å²) in [6.07, 6.45) is 0. The first kappa shape index (κ1) is 10.2. The van der Waals surface area contributed by atoms with Crippen LogP contribution in [0.25, 0.3) is 0 Å². The van der Waals surface area contributed by atoms with Crippen LogP contribution in [0.3, 0.4) is 0 Å². The number of hydrogen-bond donors (Lipinski definition) is 0. The number of halogens is 2. The second-order valence-corrected chi connectivity index (χ2v) is 3.40. The summed E-state index contributed by atoms with van der Waals surface area (Å²) in [4.78, 5) is 4.55. The molecule has 0 saturated carbocycles. The Morgan fingerprint density at radius 3 is 2.77 bits per heavy atom. The molecule has 1 aromatic rings. The van der Waals surface area contributed by atoms with Gasteiger partial charge in [0.2, 0.25) is 0 Å². The van der Waals surface area contributed by atoms with Crippen LogP contribution in [0.5, 0.6) is 0 Å². The Labute approximate surface area is 84.5 Å². The molecule has 0 aliphatic carbocycles. The molecule has 0 amide bonds. The summed E-state index contributed by atoms with van der Waals surface area (Å²) in [5, 5.41) is 3.65. The lowest BCUT2D eigenvalue weighted by atomic mass is 10.1. The van der Waals surface area contributed by atoms with Crippen molar-refractivity contribution in [1.82, 2.24) is 0 Å². The van der Waals surface area contributed by atoms with Crippen molar-refractivity contribution in [2.24, 2.45) is 5.16 Å². The van der Waals surface area contributed by atoms with Crippen LogP contribution in [0.1, 0.15) is 12.5 Å². The monoisotopic (exact) mass is 245 g/mol. The third kappa shape index (κ3) is 2.52. The molecule has 0 aromatic heterocycles. The molecule has 70 valence electrons. The summed E-state index contributed by atoms with van der Waals surface area (Å²) in [7, 11) is 1.43. The second kappa shape index (κ2) is 4.37. The minimum Gasteiger partial charge on any atom is -0.399 e. The highest BCUT2D eigenvalue weighted by Gasteiger charge is 2.05. The van der Waals surface area contributed by atoms with Crippen LogP contribution >= 0.6 is 15.9 Å². The molecule has 0 aliphatic heterocycles. The fourth-order valence-electron chi connectivity index (χ4n) is 0.969. The van der Waals surface area contributed by atoms with Gasteiger partial charge in [-0.15, -0.1) is 0 Å². The van der Waals surface area contributed by atoms with Gasteiger partial charge in [0.1, 0.15) is 12.9 Å². The Morgan fingerprint density at radius 2 is 2.23 bits per heavy atom. The molecule has 2 nitrogen and oxygen atoms in total. The van der Waals surface area contributed by atoms with Gasteiger partial charge in [-0.1, -0.05) is 21.1 Å². The molecule has 0 spiro atoms. The van der Waals surface area contributed by atoms with E-state index < -0.39 is 0 Å². The van der Waals surface area contributed by atoms with Crippen LogP contribution < -0.4 is 0 Å². The van der Waals surface area contributed by atoms with E-state index >= 15 is 0 Å². The van der Waals surface area contributed by atoms with Gasteiger partial charge in [0.25, 0.3) is 0 Å². The highest BCUT2D eigenvalue weighted by atomic mass is 79.9. The molecular formula is C9H9BrFNO. The average Bonchev–Trinajstić information content (AvgIpc) is 2.04. The fraction of sp³-hybridized carbons (Fsp3) is 0.222. The standard InChI is InChI=1S/C9H9BrFNO/c1-6(12-13-2)8-4-3-7(10)5-9(8)11/h3-5H,1-2H3/b12-6+. The molecule has 0 saturated heterocycles. The zero-order chi connectivity index (χ0) is 9.84. The molecule has 1 rings (SSSR count). The van der Waals surface area contributed by atoms with E-state index in [4.69, 9.17) is 0 Å². The Kier molecular flexibility index (Phi) is 3.42. The van der Waals surface area contributed by atoms with Crippen LogP contribution in [0.2, 0.25) is 0 Å². The number of rotatable bonds is 2. The van der Waals surface area contributed by atoms with Crippen LogP contribution in [0.4, 0.5) is 4.39 Å². The average molecular weight is 246 g/mol. The van der Waals surface area contributed by atoms with Crippen molar-refractivity contribution in [2.45, 2.75) is 6.92 Å². The zero-order valence-corrected chi connectivity index (χ0v) is 8.93. The van der Waals surface area contributed by atoms with Gasteiger partial charge in [-0.3, -0.25) is 0 Å². The summed E-state index contributed by atoms with van der Waals surface area (Å²) in [5.41, 5.74) is 0.970. The summed E-state index contributed by atoms with van der Waals surface area (Å²) >= 11 is 3.17. The van der Waals surface area contributed by atoms with Gasteiger partial charge in [0.05, 0.1) is 5.71 Å². The van der Waals surface area contributed by atoms with Crippen molar-refractivity contribution in [3.63, 3.8) is 0 Å². The lowest BCUT2D eigenvalue weighted by Crippen LogP contribution is -1.99. The molecule has 0 aliphatic rings. The maximum Gasteiger partial charge on any atom is 0.133 e. The lowest BCUT2D eigenvalue weighted by Gasteiger charge is -2.01. The van der Waals surface area contributed by atoms with Crippen molar-refractivity contribution in [3.8, 4) is 0 Å². The minimum absolute atomic E-state index is 0.312. The van der Waals surface area contributed by atoms with E-state index in [2.05, 4.69) is 25.9 Å². The quantitative estimate of drug-likeness (QED) is 0.580. The van der Waals surface area contributed by atoms with Crippen molar-refractivity contribution < 1.29 is 9.23 Å². The molecule has 0 N–H and O–H groups in total. The molecule has 0 unspecified atom stereocenters. The minimum atomic E-state index is -0.312. The summed E-state index contributed by atoms with van der Waals surface area (Å²) in [5.74, 6) is -0.312. The van der Waals surface area contributed by atoms with E-state index in [0.717, 1.165) is 0 Å². The van der Waals surface area contributed by atoms with E-state index in [1.165, 1.54) is 13.2 Å². The largest absolute Gasteiger partial charge is 0.399 e. The number of oxime groups is 1. The Morgan fingerprint density at radius 1 is 1.54 bits per heavy atom. The Hall–Kier alpha value is -0.900. The van der Waals surface area contributed by atoms with Gasteiger partial charge in [0, 0.05) is 10.0 Å². The second-order valence-electron chi connectivity index (χ2n) is 2.48. The first-order valence-corrected chi connectivity index (χ1v) is 4.47. The molecule has 4 heteroatoms. The zero-order valence-electron chi connectivity index (χ0n) is 7.34. The highest BCUT2D eigenvalue weighted by Crippen LogP contribution is 2.15. The van der Waals surface area contributed by atoms with Gasteiger partial charge < -0.3 is 4.84 Å². The predicted octanol–water partition coefficient (Wildman–Crippen LogP) is 2.96. The Balaban J connectivity index is 3.09. The van der Waals surface area contributed by atoms with Gasteiger partial charge >= 0.3 is 0 Å². The number of hydrogen-bond acceptors (Lipinski definition) is 2. The molecule has 0 bridgehead atoms. The van der Waals surface area contributed by atoms with Crippen LogP contribution in [0.15, 0.2) is 27.8 Å². The van der Waals surface area contributed by atoms with E-state index in [1.54, 1.807) is 19.1 Å².